The first-order valence-electron chi connectivity index (χ1n) is 12.8. The monoisotopic (exact) mass is 500 g/mol. The molecule has 4 rings (SSSR count). The van der Waals surface area contributed by atoms with Crippen LogP contribution in [0.1, 0.15) is 49.4 Å². The highest BCUT2D eigenvalue weighted by Gasteiger charge is 2.32. The number of carbonyl (C=O) groups excluding carboxylic acids is 2. The quantitative estimate of drug-likeness (QED) is 0.438. The smallest absolute Gasteiger partial charge is 0.243 e. The van der Waals surface area contributed by atoms with Crippen molar-refractivity contribution in [1.82, 2.24) is 10.2 Å². The fraction of sp³-hybridized carbons (Fsp3) is 0.355. The van der Waals surface area contributed by atoms with E-state index >= 15 is 0 Å². The summed E-state index contributed by atoms with van der Waals surface area (Å²) < 4.78 is 10.9. The Morgan fingerprint density at radius 3 is 2.35 bits per heavy atom. The van der Waals surface area contributed by atoms with Gasteiger partial charge >= 0.3 is 0 Å². The summed E-state index contributed by atoms with van der Waals surface area (Å²) in [5.41, 5.74) is 3.69. The summed E-state index contributed by atoms with van der Waals surface area (Å²) in [5, 5.41) is 3.11. The molecule has 0 fully saturated rings. The highest BCUT2D eigenvalue weighted by atomic mass is 16.7. The van der Waals surface area contributed by atoms with Crippen molar-refractivity contribution >= 4 is 11.8 Å². The number of rotatable bonds is 9. The number of nitrogens with zero attached hydrogens (tertiary/aromatic N) is 1. The second-order valence-corrected chi connectivity index (χ2v) is 10.6. The molecule has 0 spiro atoms. The van der Waals surface area contributed by atoms with Crippen LogP contribution < -0.4 is 14.8 Å². The molecule has 1 N–H and O–H groups in total. The molecule has 6 heteroatoms. The lowest BCUT2D eigenvalue weighted by Crippen LogP contribution is -2.54. The maximum atomic E-state index is 13.8. The zero-order valence-corrected chi connectivity index (χ0v) is 22.1. The van der Waals surface area contributed by atoms with Crippen molar-refractivity contribution in [3.05, 3.63) is 95.1 Å². The van der Waals surface area contributed by atoms with Gasteiger partial charge in [0.2, 0.25) is 18.6 Å². The van der Waals surface area contributed by atoms with Crippen molar-refractivity contribution in [2.45, 2.75) is 65.1 Å². The molecule has 0 unspecified atom stereocenters. The Morgan fingerprint density at radius 1 is 0.892 bits per heavy atom. The molecule has 194 valence electrons. The van der Waals surface area contributed by atoms with E-state index in [-0.39, 0.29) is 25.0 Å². The molecule has 37 heavy (non-hydrogen) atoms. The number of nitrogens with one attached hydrogen (secondary N) is 1. The topological polar surface area (TPSA) is 67.9 Å². The number of benzene rings is 3. The van der Waals surface area contributed by atoms with Gasteiger partial charge in [0.15, 0.2) is 11.5 Å². The molecule has 1 heterocycles. The lowest BCUT2D eigenvalue weighted by Gasteiger charge is -2.34. The molecule has 0 saturated carbocycles. The van der Waals surface area contributed by atoms with Crippen LogP contribution in [0.2, 0.25) is 0 Å². The zero-order valence-electron chi connectivity index (χ0n) is 22.1. The first-order valence-corrected chi connectivity index (χ1v) is 12.8. The summed E-state index contributed by atoms with van der Waals surface area (Å²) in [6, 6.07) is 23.1. The van der Waals surface area contributed by atoms with Crippen LogP contribution in [0.3, 0.4) is 0 Å². The van der Waals surface area contributed by atoms with Gasteiger partial charge in [-0.25, -0.2) is 0 Å². The maximum Gasteiger partial charge on any atom is 0.243 e. The van der Waals surface area contributed by atoms with Crippen LogP contribution in [0.15, 0.2) is 72.8 Å². The Hall–Kier alpha value is -3.80. The Labute approximate surface area is 219 Å². The number of amides is 2. The summed E-state index contributed by atoms with van der Waals surface area (Å²) in [4.78, 5) is 29.2. The first-order chi connectivity index (χ1) is 17.7. The van der Waals surface area contributed by atoms with Gasteiger partial charge in [0.1, 0.15) is 6.04 Å². The molecule has 0 radical (unpaired) electrons. The second-order valence-electron chi connectivity index (χ2n) is 10.6. The SMILES string of the molecule is Cc1cccc(CN(C(=O)CCc2ccc3c(c2)OCO3)[C@@H](Cc2ccccc2)C(=O)NC(C)(C)C)c1. The van der Waals surface area contributed by atoms with E-state index in [0.717, 1.165) is 28.0 Å². The van der Waals surface area contributed by atoms with E-state index in [1.165, 1.54) is 0 Å². The van der Waals surface area contributed by atoms with E-state index < -0.39 is 11.6 Å². The summed E-state index contributed by atoms with van der Waals surface area (Å²) in [6.45, 7) is 8.47. The fourth-order valence-corrected chi connectivity index (χ4v) is 4.51. The Balaban J connectivity index is 1.61. The molecule has 0 aromatic heterocycles. The third-order valence-electron chi connectivity index (χ3n) is 6.27. The van der Waals surface area contributed by atoms with Gasteiger partial charge in [0.05, 0.1) is 0 Å². The lowest BCUT2D eigenvalue weighted by molar-refractivity contribution is -0.141. The van der Waals surface area contributed by atoms with E-state index in [1.54, 1.807) is 4.90 Å². The molecule has 0 aliphatic carbocycles. The third kappa shape index (κ3) is 7.35. The fourth-order valence-electron chi connectivity index (χ4n) is 4.51. The number of fused-ring (bicyclic) bond motifs is 1. The minimum atomic E-state index is -0.647. The highest BCUT2D eigenvalue weighted by molar-refractivity contribution is 5.88. The third-order valence-corrected chi connectivity index (χ3v) is 6.27. The molecule has 0 saturated heterocycles. The van der Waals surface area contributed by atoms with Gasteiger partial charge in [-0.15, -0.1) is 0 Å². The molecule has 3 aromatic carbocycles. The van der Waals surface area contributed by atoms with Gasteiger partial charge in [0.25, 0.3) is 0 Å². The largest absolute Gasteiger partial charge is 0.454 e. The highest BCUT2D eigenvalue weighted by Crippen LogP contribution is 2.33. The molecule has 1 atom stereocenters. The predicted molar refractivity (Wildman–Crippen MR) is 144 cm³/mol. The normalized spacial score (nSPS) is 13.2. The van der Waals surface area contributed by atoms with E-state index in [1.807, 2.05) is 94.4 Å². The van der Waals surface area contributed by atoms with Gasteiger partial charge in [-0.2, -0.15) is 0 Å². The molecule has 2 amide bonds. The maximum absolute atomic E-state index is 13.8. The molecular formula is C31H36N2O4. The molecule has 0 bridgehead atoms. The summed E-state index contributed by atoms with van der Waals surface area (Å²) >= 11 is 0. The average molecular weight is 501 g/mol. The summed E-state index contributed by atoms with van der Waals surface area (Å²) in [7, 11) is 0. The van der Waals surface area contributed by atoms with E-state index in [4.69, 9.17) is 9.47 Å². The number of hydrogen-bond acceptors (Lipinski definition) is 4. The number of carbonyl (C=O) groups is 2. The van der Waals surface area contributed by atoms with Crippen molar-refractivity contribution in [1.29, 1.82) is 0 Å². The van der Waals surface area contributed by atoms with Gasteiger partial charge in [-0.1, -0.05) is 66.2 Å². The van der Waals surface area contributed by atoms with Crippen molar-refractivity contribution in [2.24, 2.45) is 0 Å². The van der Waals surface area contributed by atoms with Crippen LogP contribution >= 0.6 is 0 Å². The minimum Gasteiger partial charge on any atom is -0.454 e. The molecule has 1 aliphatic rings. The molecule has 1 aliphatic heterocycles. The van der Waals surface area contributed by atoms with Crippen LogP contribution in [0.5, 0.6) is 11.5 Å². The van der Waals surface area contributed by atoms with E-state index in [0.29, 0.717) is 25.1 Å². The van der Waals surface area contributed by atoms with Crippen molar-refractivity contribution in [3.8, 4) is 11.5 Å². The first kappa shape index (κ1) is 26.3. The number of aryl methyl sites for hydroxylation is 2. The summed E-state index contributed by atoms with van der Waals surface area (Å²) in [6.07, 6.45) is 1.25. The van der Waals surface area contributed by atoms with Crippen LogP contribution in [0.25, 0.3) is 0 Å². The standard InChI is InChI=1S/C31H36N2O4/c1-22-9-8-12-25(17-22)20-33(29(34)16-14-24-13-15-27-28(19-24)37-21-36-27)26(30(35)32-31(2,3)4)18-23-10-6-5-7-11-23/h5-13,15,17,19,26H,14,16,18,20-21H2,1-4H3,(H,32,35)/t26-/m0/s1. The lowest BCUT2D eigenvalue weighted by atomic mass is 9.99. The van der Waals surface area contributed by atoms with E-state index in [9.17, 15) is 9.59 Å². The Bertz CT molecular complexity index is 1230. The number of hydrogen-bond donors (Lipinski definition) is 1. The van der Waals surface area contributed by atoms with Crippen LogP contribution in [0.4, 0.5) is 0 Å². The van der Waals surface area contributed by atoms with Crippen molar-refractivity contribution in [3.63, 3.8) is 0 Å². The predicted octanol–water partition coefficient (Wildman–Crippen LogP) is 5.21. The average Bonchev–Trinajstić information content (AvgIpc) is 3.32. The zero-order chi connectivity index (χ0) is 26.4. The van der Waals surface area contributed by atoms with Gasteiger partial charge in [0, 0.05) is 24.9 Å². The Kier molecular flexibility index (Phi) is 8.17. The minimum absolute atomic E-state index is 0.0656. The Morgan fingerprint density at radius 2 is 1.62 bits per heavy atom. The number of ether oxygens (including phenoxy) is 2. The van der Waals surface area contributed by atoms with E-state index in [2.05, 4.69) is 11.4 Å². The molecule has 3 aromatic rings. The van der Waals surface area contributed by atoms with Gasteiger partial charge in [-0.3, -0.25) is 9.59 Å². The van der Waals surface area contributed by atoms with Gasteiger partial charge in [-0.05, 0) is 62.9 Å². The van der Waals surface area contributed by atoms with Crippen LogP contribution in [-0.2, 0) is 29.0 Å². The van der Waals surface area contributed by atoms with Crippen molar-refractivity contribution < 1.29 is 19.1 Å². The second kappa shape index (κ2) is 11.5. The molecule has 6 nitrogen and oxygen atoms in total. The van der Waals surface area contributed by atoms with Crippen molar-refractivity contribution in [2.75, 3.05) is 6.79 Å². The van der Waals surface area contributed by atoms with Crippen LogP contribution in [0, 0.1) is 6.92 Å². The van der Waals surface area contributed by atoms with Gasteiger partial charge < -0.3 is 19.7 Å². The molecular weight excluding hydrogens is 464 g/mol. The summed E-state index contributed by atoms with van der Waals surface area (Å²) in [5.74, 6) is 1.20. The van der Waals surface area contributed by atoms with Crippen LogP contribution in [-0.4, -0.2) is 35.1 Å².